The predicted molar refractivity (Wildman–Crippen MR) is 230 cm³/mol. The largest absolute Gasteiger partial charge is 0.507 e. The van der Waals surface area contributed by atoms with Gasteiger partial charge in [0, 0.05) is 98.0 Å². The van der Waals surface area contributed by atoms with Gasteiger partial charge < -0.3 is 39.7 Å². The maximum atomic E-state index is 13.7. The number of benzene rings is 3. The highest BCUT2D eigenvalue weighted by atomic mass is 16.5. The van der Waals surface area contributed by atoms with Crippen LogP contribution in [0.15, 0.2) is 91.3 Å². The van der Waals surface area contributed by atoms with Gasteiger partial charge in [-0.05, 0) is 105 Å². The lowest BCUT2D eigenvalue weighted by Crippen LogP contribution is -2.45. The quantitative estimate of drug-likeness (QED) is 0.156. The molecule has 6 heterocycles. The lowest BCUT2D eigenvalue weighted by Gasteiger charge is -2.40. The summed E-state index contributed by atoms with van der Waals surface area (Å²) < 4.78 is 8.84. The smallest absolute Gasteiger partial charge is 0.253 e. The molecular formula is C46H55N9O3. The van der Waals surface area contributed by atoms with Gasteiger partial charge in [-0.3, -0.25) is 10.1 Å². The maximum Gasteiger partial charge on any atom is 0.253 e. The van der Waals surface area contributed by atoms with Gasteiger partial charge in [0.05, 0.1) is 24.7 Å². The number of anilines is 3. The molecule has 5 aromatic rings. The maximum absolute atomic E-state index is 13.7. The highest BCUT2D eigenvalue weighted by Crippen LogP contribution is 2.37. The first-order valence-electron chi connectivity index (χ1n) is 21.0. The Morgan fingerprint density at radius 1 is 0.966 bits per heavy atom. The lowest BCUT2D eigenvalue weighted by molar-refractivity contribution is 0.0215. The number of morpholine rings is 1. The Bertz CT molecular complexity index is 2270. The second-order valence-electron chi connectivity index (χ2n) is 16.6. The van der Waals surface area contributed by atoms with Crippen molar-refractivity contribution in [3.8, 4) is 17.0 Å². The summed E-state index contributed by atoms with van der Waals surface area (Å²) in [6, 6.07) is 24.4. The van der Waals surface area contributed by atoms with E-state index in [4.69, 9.17) is 10.5 Å². The van der Waals surface area contributed by atoms with Gasteiger partial charge in [-0.2, -0.15) is 0 Å². The number of nitrogens with one attached hydrogen (secondary N) is 1. The molecule has 4 aliphatic rings. The number of carbonyl (C=O) groups excluding carboxylic acids is 1. The zero-order chi connectivity index (χ0) is 39.8. The fraction of sp³-hybridized carbons (Fsp3) is 0.413. The Morgan fingerprint density at radius 2 is 1.76 bits per heavy atom. The second kappa shape index (κ2) is 16.4. The summed E-state index contributed by atoms with van der Waals surface area (Å²) >= 11 is 0. The number of aryl methyl sites for hydroxylation is 1. The van der Waals surface area contributed by atoms with Gasteiger partial charge in [-0.15, -0.1) is 10.2 Å². The van der Waals surface area contributed by atoms with Crippen molar-refractivity contribution in [3.05, 3.63) is 108 Å². The fourth-order valence-corrected chi connectivity index (χ4v) is 9.40. The van der Waals surface area contributed by atoms with Crippen molar-refractivity contribution in [1.82, 2.24) is 29.9 Å². The summed E-state index contributed by atoms with van der Waals surface area (Å²) in [4.78, 5) is 22.8. The number of aromatic nitrogens is 3. The number of nitrogens with two attached hydrogens (primary N) is 1. The predicted octanol–water partition coefficient (Wildman–Crippen LogP) is 6.73. The molecule has 302 valence electrons. The van der Waals surface area contributed by atoms with Crippen molar-refractivity contribution in [1.29, 1.82) is 0 Å². The van der Waals surface area contributed by atoms with Crippen LogP contribution in [0.2, 0.25) is 0 Å². The molecular weight excluding hydrogens is 727 g/mol. The number of piperidine rings is 2. The van der Waals surface area contributed by atoms with Crippen molar-refractivity contribution < 1.29 is 14.6 Å². The Hall–Kier alpha value is -5.43. The first-order valence-corrected chi connectivity index (χ1v) is 21.0. The molecule has 12 heteroatoms. The van der Waals surface area contributed by atoms with E-state index >= 15 is 0 Å². The van der Waals surface area contributed by atoms with Gasteiger partial charge in [0.2, 0.25) is 0 Å². The summed E-state index contributed by atoms with van der Waals surface area (Å²) in [5.41, 5.74) is 13.9. The molecule has 2 atom stereocenters. The molecule has 0 radical (unpaired) electrons. The number of nitrogens with zero attached hydrogens (tertiary/aromatic N) is 7. The SMILES string of the molecule is Cc1cn(C2CCN(CC3CCN(C(=O)c4ccc([C@@H]5CN(c6cc(-c7ccccc7O)nnc6N)[C@H](C)CO5)cc4)CC3)CC2)c2ccc(N3C=CCNC3)cc12. The lowest BCUT2D eigenvalue weighted by atomic mass is 9.94. The van der Waals surface area contributed by atoms with Crippen molar-refractivity contribution in [2.75, 3.05) is 74.6 Å². The molecule has 4 N–H and O–H groups in total. The zero-order valence-electron chi connectivity index (χ0n) is 33.6. The Kier molecular flexibility index (Phi) is 10.8. The molecule has 0 aliphatic carbocycles. The van der Waals surface area contributed by atoms with Gasteiger partial charge in [0.25, 0.3) is 5.91 Å². The molecule has 9 rings (SSSR count). The Morgan fingerprint density at radius 3 is 2.52 bits per heavy atom. The van der Waals surface area contributed by atoms with Crippen molar-refractivity contribution >= 4 is 34.0 Å². The third kappa shape index (κ3) is 7.76. The van der Waals surface area contributed by atoms with Crippen LogP contribution in [0.3, 0.4) is 0 Å². The molecule has 0 saturated carbocycles. The van der Waals surface area contributed by atoms with Gasteiger partial charge in [-0.1, -0.05) is 30.3 Å². The zero-order valence-corrected chi connectivity index (χ0v) is 33.6. The topological polar surface area (TPSA) is 128 Å². The number of phenols is 1. The normalized spacial score (nSPS) is 21.2. The van der Waals surface area contributed by atoms with Crippen molar-refractivity contribution in [3.63, 3.8) is 0 Å². The van der Waals surface area contributed by atoms with Crippen molar-refractivity contribution in [2.45, 2.75) is 57.7 Å². The van der Waals surface area contributed by atoms with E-state index in [-0.39, 0.29) is 23.8 Å². The molecule has 3 saturated heterocycles. The standard InChI is InChI=1S/C46H55N9O3/c1-31-26-55(41-13-12-37(24-39(31)41)53-19-5-18-48-30-53)36-16-20-51(21-17-36)27-33-14-22-52(23-15-33)46(57)35-10-8-34(9-11-35)44-28-54(32(2)29-58-44)42-25-40(49-50-45(42)47)38-6-3-4-7-43(38)56/h3-13,19,24-26,32-33,36,44,48,56H,14-18,20-23,27-30H2,1-2H3,(H2,47,50)/t32-,44+/m1/s1. The molecule has 2 aromatic heterocycles. The summed E-state index contributed by atoms with van der Waals surface area (Å²) in [6.45, 7) is 12.1. The molecule has 3 fully saturated rings. The highest BCUT2D eigenvalue weighted by Gasteiger charge is 2.31. The van der Waals surface area contributed by atoms with Gasteiger partial charge in [0.1, 0.15) is 11.9 Å². The van der Waals surface area contributed by atoms with E-state index in [1.165, 1.54) is 22.2 Å². The number of fused-ring (bicyclic) bond motifs is 1. The third-order valence-electron chi connectivity index (χ3n) is 12.8. The number of ether oxygens (including phenoxy) is 1. The van der Waals surface area contributed by atoms with Crippen LogP contribution in [0.4, 0.5) is 17.2 Å². The van der Waals surface area contributed by atoms with E-state index in [0.29, 0.717) is 47.8 Å². The molecule has 12 nitrogen and oxygen atoms in total. The number of para-hydroxylation sites is 1. The molecule has 0 spiro atoms. The van der Waals surface area contributed by atoms with Crippen LogP contribution in [0, 0.1) is 12.8 Å². The van der Waals surface area contributed by atoms with Crippen LogP contribution in [-0.2, 0) is 4.74 Å². The van der Waals surface area contributed by atoms with Gasteiger partial charge in [-0.25, -0.2) is 0 Å². The molecule has 4 aliphatic heterocycles. The minimum absolute atomic E-state index is 0.0558. The van der Waals surface area contributed by atoms with E-state index in [0.717, 1.165) is 82.9 Å². The minimum Gasteiger partial charge on any atom is -0.507 e. The molecule has 0 bridgehead atoms. The average molecular weight is 782 g/mol. The third-order valence-corrected chi connectivity index (χ3v) is 12.8. The van der Waals surface area contributed by atoms with E-state index < -0.39 is 0 Å². The van der Waals surface area contributed by atoms with Crippen molar-refractivity contribution in [2.24, 2.45) is 5.92 Å². The number of hydrogen-bond acceptors (Lipinski definition) is 10. The van der Waals surface area contributed by atoms with Crippen LogP contribution in [0.1, 0.15) is 66.2 Å². The van der Waals surface area contributed by atoms with E-state index in [1.54, 1.807) is 12.1 Å². The highest BCUT2D eigenvalue weighted by molar-refractivity contribution is 5.94. The number of amides is 1. The van der Waals surface area contributed by atoms with Crippen LogP contribution >= 0.6 is 0 Å². The summed E-state index contributed by atoms with van der Waals surface area (Å²) in [6.07, 6.45) is 10.9. The van der Waals surface area contributed by atoms with Gasteiger partial charge in [0.15, 0.2) is 5.82 Å². The van der Waals surface area contributed by atoms with Crippen LogP contribution in [0.5, 0.6) is 5.75 Å². The van der Waals surface area contributed by atoms with Crippen LogP contribution in [-0.4, -0.2) is 101 Å². The van der Waals surface area contributed by atoms with E-state index in [1.807, 2.05) is 47.4 Å². The number of hydrogen-bond donors (Lipinski definition) is 3. The average Bonchev–Trinajstić information content (AvgIpc) is 3.60. The number of aromatic hydroxyl groups is 1. The van der Waals surface area contributed by atoms with Gasteiger partial charge >= 0.3 is 0 Å². The summed E-state index contributed by atoms with van der Waals surface area (Å²) in [5, 5.41) is 23.7. The Labute approximate surface area is 340 Å². The number of rotatable bonds is 8. The molecule has 1 amide bonds. The van der Waals surface area contributed by atoms with E-state index in [9.17, 15) is 9.90 Å². The number of phenolic OH excluding ortho intramolecular Hbond substituents is 1. The monoisotopic (exact) mass is 781 g/mol. The minimum atomic E-state index is -0.206. The first kappa shape index (κ1) is 38.1. The van der Waals surface area contributed by atoms with Crippen LogP contribution in [0.25, 0.3) is 22.2 Å². The molecule has 0 unspecified atom stereocenters. The van der Waals surface area contributed by atoms with Crippen LogP contribution < -0.4 is 20.9 Å². The summed E-state index contributed by atoms with van der Waals surface area (Å²) in [7, 11) is 0. The van der Waals surface area contributed by atoms with E-state index in [2.05, 4.69) is 85.3 Å². The number of carbonyl (C=O) groups is 1. The summed E-state index contributed by atoms with van der Waals surface area (Å²) in [5.74, 6) is 1.18. The Balaban J connectivity index is 0.763. The number of likely N-dealkylation sites (tertiary alicyclic amines) is 2. The molecule has 58 heavy (non-hydrogen) atoms. The number of nitrogen functional groups attached to an aromatic ring is 1. The fourth-order valence-electron chi connectivity index (χ4n) is 9.40. The first-order chi connectivity index (χ1) is 28.3. The second-order valence-corrected chi connectivity index (χ2v) is 16.6. The molecule has 3 aromatic carbocycles.